The summed E-state index contributed by atoms with van der Waals surface area (Å²) in [5.41, 5.74) is 14.7. The van der Waals surface area contributed by atoms with Gasteiger partial charge in [0.05, 0.1) is 10.7 Å². The molecule has 0 unspecified atom stereocenters. The number of aryl methyl sites for hydroxylation is 2. The second-order valence-corrected chi connectivity index (χ2v) is 17.9. The molecule has 0 saturated carbocycles. The van der Waals surface area contributed by atoms with Crippen LogP contribution in [0.15, 0.2) is 164 Å². The van der Waals surface area contributed by atoms with Gasteiger partial charge in [-0.15, -0.1) is 22.7 Å². The van der Waals surface area contributed by atoms with Gasteiger partial charge in [0.1, 0.15) is 0 Å². The maximum atomic E-state index is 3.92. The summed E-state index contributed by atoms with van der Waals surface area (Å²) in [6, 6.07) is 60.9. The molecule has 59 heavy (non-hydrogen) atoms. The highest BCUT2D eigenvalue weighted by atomic mass is 32.1. The van der Waals surface area contributed by atoms with Gasteiger partial charge in [0.2, 0.25) is 0 Å². The van der Waals surface area contributed by atoms with E-state index in [2.05, 4.69) is 195 Å². The van der Waals surface area contributed by atoms with E-state index in [-0.39, 0.29) is 0 Å². The number of rotatable bonds is 9. The molecule has 0 atom stereocenters. The van der Waals surface area contributed by atoms with Crippen LogP contribution in [0.5, 0.6) is 0 Å². The second kappa shape index (κ2) is 14.9. The number of hydrogen-bond donors (Lipinski definition) is 1. The van der Waals surface area contributed by atoms with Crippen molar-refractivity contribution in [1.82, 2.24) is 0 Å². The van der Waals surface area contributed by atoms with E-state index in [0.29, 0.717) is 0 Å². The highest BCUT2D eigenvalue weighted by molar-refractivity contribution is 7.26. The summed E-state index contributed by atoms with van der Waals surface area (Å²) in [5, 5.41) is 11.5. The summed E-state index contributed by atoms with van der Waals surface area (Å²) in [6.45, 7) is 4.43. The number of unbranched alkanes of at least 4 members (excludes halogenated alkanes) is 2. The van der Waals surface area contributed by atoms with Crippen LogP contribution in [-0.2, 0) is 6.42 Å². The molecule has 0 bridgehead atoms. The minimum absolute atomic E-state index is 1.08. The SMILES string of the molecule is CCCCCc1ccc(N2c3sc4ccccc4c3[B]c3c(-c4c(Nc5ccc(C)cc5)ccc5c4sc4ccccc45)cc4ccccc4c32)c(-c2ccccc2)c1. The van der Waals surface area contributed by atoms with E-state index in [4.69, 9.17) is 0 Å². The molecule has 11 rings (SSSR count). The van der Waals surface area contributed by atoms with Gasteiger partial charge in [0.25, 0.3) is 0 Å². The Balaban J connectivity index is 1.24. The Bertz CT molecular complexity index is 3200. The van der Waals surface area contributed by atoms with Crippen molar-refractivity contribution in [2.75, 3.05) is 10.2 Å². The lowest BCUT2D eigenvalue weighted by Crippen LogP contribution is -2.40. The molecule has 0 fully saturated rings. The summed E-state index contributed by atoms with van der Waals surface area (Å²) < 4.78 is 3.89. The largest absolute Gasteiger partial charge is 0.355 e. The lowest BCUT2D eigenvalue weighted by atomic mass is 9.58. The Morgan fingerprint density at radius 2 is 1.32 bits per heavy atom. The monoisotopic (exact) mass is 793 g/mol. The molecule has 3 heterocycles. The van der Waals surface area contributed by atoms with Crippen molar-refractivity contribution >= 4 is 110 Å². The van der Waals surface area contributed by atoms with Gasteiger partial charge in [0.15, 0.2) is 7.28 Å². The van der Waals surface area contributed by atoms with Crippen LogP contribution in [-0.4, -0.2) is 7.28 Å². The zero-order chi connectivity index (χ0) is 39.5. The standard InChI is InChI=1S/C54H42BN2S2/c1-3-4-6-15-35-26-31-46(43(32-35)36-16-7-5-8-17-36)57-52-39-19-10-9-18-37(39)33-44(50(52)55-51-42-21-12-14-23-48(42)59-54(51)57)49-45(56-38-27-24-34(2)25-28-38)30-29-41-40-20-11-13-22-47(40)58-53(41)49/h5,7-14,16-33,56H,3-4,6,15H2,1-2H3. The molecule has 1 aliphatic heterocycles. The number of fused-ring (bicyclic) bond motifs is 9. The summed E-state index contributed by atoms with van der Waals surface area (Å²) in [7, 11) is 2.50. The van der Waals surface area contributed by atoms with Crippen LogP contribution >= 0.6 is 22.7 Å². The molecule has 1 N–H and O–H groups in total. The predicted octanol–water partition coefficient (Wildman–Crippen LogP) is 15.0. The van der Waals surface area contributed by atoms with Gasteiger partial charge >= 0.3 is 0 Å². The topological polar surface area (TPSA) is 15.3 Å². The zero-order valence-corrected chi connectivity index (χ0v) is 34.9. The van der Waals surface area contributed by atoms with Gasteiger partial charge in [-0.3, -0.25) is 0 Å². The fraction of sp³-hybridized carbons (Fsp3) is 0.111. The maximum absolute atomic E-state index is 3.92. The average molecular weight is 794 g/mol. The van der Waals surface area contributed by atoms with Crippen molar-refractivity contribution in [1.29, 1.82) is 0 Å². The van der Waals surface area contributed by atoms with Crippen molar-refractivity contribution in [2.24, 2.45) is 0 Å². The van der Waals surface area contributed by atoms with E-state index in [1.165, 1.54) is 121 Å². The van der Waals surface area contributed by atoms with Crippen molar-refractivity contribution < 1.29 is 0 Å². The Morgan fingerprint density at radius 3 is 2.14 bits per heavy atom. The van der Waals surface area contributed by atoms with Gasteiger partial charge in [-0.25, -0.2) is 0 Å². The number of benzene rings is 8. The van der Waals surface area contributed by atoms with Crippen molar-refractivity contribution in [2.45, 2.75) is 39.5 Å². The predicted molar refractivity (Wildman–Crippen MR) is 260 cm³/mol. The molecule has 10 aromatic rings. The Kier molecular flexibility index (Phi) is 9.09. The smallest absolute Gasteiger partial charge is 0.199 e. The number of anilines is 5. The van der Waals surface area contributed by atoms with E-state index in [9.17, 15) is 0 Å². The molecule has 2 nitrogen and oxygen atoms in total. The lowest BCUT2D eigenvalue weighted by Gasteiger charge is -2.35. The molecule has 2 aromatic heterocycles. The molecule has 1 radical (unpaired) electrons. The normalized spacial score (nSPS) is 12.3. The van der Waals surface area contributed by atoms with E-state index in [1.54, 1.807) is 0 Å². The van der Waals surface area contributed by atoms with Crippen LogP contribution in [0.2, 0.25) is 0 Å². The fourth-order valence-corrected chi connectivity index (χ4v) is 11.6. The molecule has 0 saturated heterocycles. The third kappa shape index (κ3) is 6.23. The van der Waals surface area contributed by atoms with Gasteiger partial charge in [-0.05, 0) is 107 Å². The quantitative estimate of drug-likeness (QED) is 0.116. The summed E-state index contributed by atoms with van der Waals surface area (Å²) >= 11 is 3.79. The number of nitrogens with one attached hydrogen (secondary N) is 1. The summed E-state index contributed by atoms with van der Waals surface area (Å²) in [6.07, 6.45) is 4.73. The van der Waals surface area contributed by atoms with E-state index >= 15 is 0 Å². The molecular weight excluding hydrogens is 752 g/mol. The van der Waals surface area contributed by atoms with Gasteiger partial charge in [0, 0.05) is 58.4 Å². The Labute approximate surface area is 354 Å². The van der Waals surface area contributed by atoms with Crippen LogP contribution in [0.25, 0.3) is 63.3 Å². The van der Waals surface area contributed by atoms with E-state index in [1.807, 2.05) is 22.7 Å². The number of nitrogens with zero attached hydrogens (tertiary/aromatic N) is 1. The van der Waals surface area contributed by atoms with Crippen molar-refractivity contribution in [3.63, 3.8) is 0 Å². The third-order valence-electron chi connectivity index (χ3n) is 12.0. The third-order valence-corrected chi connectivity index (χ3v) is 14.4. The van der Waals surface area contributed by atoms with Crippen molar-refractivity contribution in [3.05, 3.63) is 175 Å². The van der Waals surface area contributed by atoms with Gasteiger partial charge in [-0.1, -0.05) is 141 Å². The summed E-state index contributed by atoms with van der Waals surface area (Å²) in [4.78, 5) is 2.62. The molecule has 0 aliphatic carbocycles. The molecule has 8 aromatic carbocycles. The average Bonchev–Trinajstić information content (AvgIpc) is 3.85. The van der Waals surface area contributed by atoms with Crippen LogP contribution in [0.4, 0.5) is 27.8 Å². The molecule has 283 valence electrons. The zero-order valence-electron chi connectivity index (χ0n) is 33.3. The first-order valence-electron chi connectivity index (χ1n) is 20.8. The lowest BCUT2D eigenvalue weighted by molar-refractivity contribution is 0.717. The van der Waals surface area contributed by atoms with Crippen LogP contribution in [0, 0.1) is 6.92 Å². The first-order valence-corrected chi connectivity index (χ1v) is 22.4. The van der Waals surface area contributed by atoms with Crippen molar-refractivity contribution in [3.8, 4) is 22.3 Å². The maximum Gasteiger partial charge on any atom is 0.199 e. The molecule has 1 aliphatic rings. The number of thiophene rings is 2. The number of hydrogen-bond acceptors (Lipinski definition) is 4. The first kappa shape index (κ1) is 36.0. The van der Waals surface area contributed by atoms with Crippen LogP contribution in [0.1, 0.15) is 37.3 Å². The highest BCUT2D eigenvalue weighted by Crippen LogP contribution is 2.51. The highest BCUT2D eigenvalue weighted by Gasteiger charge is 2.34. The molecule has 0 spiro atoms. The van der Waals surface area contributed by atoms with E-state index in [0.717, 1.165) is 17.8 Å². The van der Waals surface area contributed by atoms with Gasteiger partial charge < -0.3 is 10.2 Å². The Morgan fingerprint density at radius 1 is 0.593 bits per heavy atom. The minimum Gasteiger partial charge on any atom is -0.355 e. The van der Waals surface area contributed by atoms with Crippen LogP contribution < -0.4 is 21.1 Å². The molecule has 5 heteroatoms. The minimum atomic E-state index is 1.08. The second-order valence-electron chi connectivity index (χ2n) is 15.8. The Hall–Kier alpha value is -6.14. The summed E-state index contributed by atoms with van der Waals surface area (Å²) in [5.74, 6) is 0. The van der Waals surface area contributed by atoms with Crippen LogP contribution in [0.3, 0.4) is 0 Å². The first-order chi connectivity index (χ1) is 29.1. The molecular formula is C54H42BN2S2. The molecule has 0 amide bonds. The van der Waals surface area contributed by atoms with E-state index < -0.39 is 0 Å². The van der Waals surface area contributed by atoms with Gasteiger partial charge in [-0.2, -0.15) is 0 Å². The fourth-order valence-electron chi connectivity index (χ4n) is 9.09.